The highest BCUT2D eigenvalue weighted by atomic mass is 32.1. The van der Waals surface area contributed by atoms with Gasteiger partial charge in [-0.25, -0.2) is 4.79 Å². The van der Waals surface area contributed by atoms with Crippen LogP contribution in [0.25, 0.3) is 11.1 Å². The van der Waals surface area contributed by atoms with E-state index in [-0.39, 0.29) is 5.91 Å². The number of amides is 1. The number of carbonyl (C=O) groups is 2. The monoisotopic (exact) mass is 371 g/mol. The van der Waals surface area contributed by atoms with Crippen LogP contribution in [-0.4, -0.2) is 19.0 Å². The molecule has 26 heavy (non-hydrogen) atoms. The zero-order valence-electron chi connectivity index (χ0n) is 15.8. The lowest BCUT2D eigenvalue weighted by atomic mass is 9.89. The van der Waals surface area contributed by atoms with Crippen molar-refractivity contribution in [2.75, 3.05) is 12.4 Å². The van der Waals surface area contributed by atoms with E-state index in [4.69, 9.17) is 4.74 Å². The summed E-state index contributed by atoms with van der Waals surface area (Å²) in [6.07, 6.45) is 4.64. The predicted molar refractivity (Wildman–Crippen MR) is 106 cm³/mol. The van der Waals surface area contributed by atoms with Gasteiger partial charge in [-0.05, 0) is 42.4 Å². The van der Waals surface area contributed by atoms with Gasteiger partial charge in [0.15, 0.2) is 0 Å². The Labute approximate surface area is 158 Å². The summed E-state index contributed by atoms with van der Waals surface area (Å²) < 4.78 is 4.99. The third-order valence-corrected chi connectivity index (χ3v) is 5.64. The fourth-order valence-electron chi connectivity index (χ4n) is 3.16. The van der Waals surface area contributed by atoms with Crippen LogP contribution in [0.4, 0.5) is 5.00 Å². The van der Waals surface area contributed by atoms with Crippen molar-refractivity contribution in [1.82, 2.24) is 0 Å². The molecule has 0 saturated carbocycles. The number of fused-ring (bicyclic) bond motifs is 1. The van der Waals surface area contributed by atoms with E-state index in [0.29, 0.717) is 10.6 Å². The highest BCUT2D eigenvalue weighted by Gasteiger charge is 2.27. The van der Waals surface area contributed by atoms with Crippen LogP contribution in [0.5, 0.6) is 0 Å². The van der Waals surface area contributed by atoms with E-state index in [2.05, 4.69) is 23.5 Å². The smallest absolute Gasteiger partial charge is 0.341 e. The largest absolute Gasteiger partial charge is 0.465 e. The van der Waals surface area contributed by atoms with Gasteiger partial charge in [-0.15, -0.1) is 11.3 Å². The lowest BCUT2D eigenvalue weighted by Crippen LogP contribution is -2.28. The molecule has 3 rings (SSSR count). The number of esters is 1. The van der Waals surface area contributed by atoms with Crippen LogP contribution in [0.15, 0.2) is 23.6 Å². The molecule has 0 fully saturated rings. The molecule has 5 heteroatoms. The first kappa shape index (κ1) is 18.6. The van der Waals surface area contributed by atoms with E-state index in [1.165, 1.54) is 42.4 Å². The van der Waals surface area contributed by atoms with Gasteiger partial charge in [0.05, 0.1) is 7.11 Å². The molecule has 1 aromatic carbocycles. The van der Waals surface area contributed by atoms with Crippen LogP contribution < -0.4 is 5.32 Å². The van der Waals surface area contributed by atoms with E-state index in [0.717, 1.165) is 24.0 Å². The molecule has 1 aliphatic carbocycles. The van der Waals surface area contributed by atoms with Crippen molar-refractivity contribution in [2.45, 2.75) is 46.5 Å². The Morgan fingerprint density at radius 2 is 1.81 bits per heavy atom. The summed E-state index contributed by atoms with van der Waals surface area (Å²) in [5.41, 5.74) is 4.47. The number of aryl methyl sites for hydroxylation is 2. The predicted octanol–water partition coefficient (Wildman–Crippen LogP) is 5.07. The van der Waals surface area contributed by atoms with Crippen LogP contribution in [0.1, 0.15) is 55.1 Å². The van der Waals surface area contributed by atoms with E-state index in [9.17, 15) is 9.59 Å². The quantitative estimate of drug-likeness (QED) is 0.767. The molecule has 1 amide bonds. The summed E-state index contributed by atoms with van der Waals surface area (Å²) in [5, 5.41) is 5.37. The Morgan fingerprint density at radius 3 is 2.46 bits per heavy atom. The van der Waals surface area contributed by atoms with Crippen molar-refractivity contribution in [3.63, 3.8) is 0 Å². The molecule has 0 unspecified atom stereocenters. The number of rotatable bonds is 3. The maximum atomic E-state index is 12.4. The Morgan fingerprint density at radius 1 is 1.12 bits per heavy atom. The number of hydrogen-bond acceptors (Lipinski definition) is 4. The van der Waals surface area contributed by atoms with Crippen LogP contribution >= 0.6 is 11.3 Å². The highest BCUT2D eigenvalue weighted by molar-refractivity contribution is 7.15. The number of carbonyl (C=O) groups excluding carboxylic acids is 2. The molecule has 1 heterocycles. The van der Waals surface area contributed by atoms with Crippen molar-refractivity contribution in [2.24, 2.45) is 5.41 Å². The number of nitrogens with one attached hydrogen (secondary N) is 1. The Hall–Kier alpha value is -2.14. The summed E-state index contributed by atoms with van der Waals surface area (Å²) in [7, 11) is 1.37. The zero-order chi connectivity index (χ0) is 18.9. The molecule has 0 radical (unpaired) electrons. The fourth-order valence-corrected chi connectivity index (χ4v) is 4.11. The van der Waals surface area contributed by atoms with E-state index < -0.39 is 11.4 Å². The molecule has 2 aromatic rings. The van der Waals surface area contributed by atoms with Gasteiger partial charge in [-0.3, -0.25) is 4.79 Å². The van der Waals surface area contributed by atoms with Crippen molar-refractivity contribution in [3.05, 3.63) is 40.3 Å². The van der Waals surface area contributed by atoms with Crippen LogP contribution in [0.2, 0.25) is 0 Å². The second kappa shape index (κ2) is 7.23. The third-order valence-electron chi connectivity index (χ3n) is 4.75. The van der Waals surface area contributed by atoms with Gasteiger partial charge < -0.3 is 10.1 Å². The lowest BCUT2D eigenvalue weighted by Gasteiger charge is -2.18. The zero-order valence-corrected chi connectivity index (χ0v) is 16.6. The summed E-state index contributed by atoms with van der Waals surface area (Å²) in [6.45, 7) is 5.54. The first-order valence-corrected chi connectivity index (χ1v) is 9.82. The molecule has 138 valence electrons. The second-order valence-corrected chi connectivity index (χ2v) is 8.62. The van der Waals surface area contributed by atoms with E-state index in [1.54, 1.807) is 0 Å². The molecule has 0 aliphatic heterocycles. The lowest BCUT2D eigenvalue weighted by molar-refractivity contribution is -0.123. The van der Waals surface area contributed by atoms with E-state index in [1.807, 2.05) is 26.2 Å². The maximum absolute atomic E-state index is 12.4. The minimum absolute atomic E-state index is 0.124. The van der Waals surface area contributed by atoms with Crippen LogP contribution in [0, 0.1) is 5.41 Å². The molecule has 0 spiro atoms. The average Bonchev–Trinajstić information content (AvgIpc) is 3.03. The molecule has 0 bridgehead atoms. The van der Waals surface area contributed by atoms with Gasteiger partial charge in [0.1, 0.15) is 10.6 Å². The summed E-state index contributed by atoms with van der Waals surface area (Å²) in [6, 6.07) is 6.41. The van der Waals surface area contributed by atoms with Gasteiger partial charge in [-0.2, -0.15) is 0 Å². The molecule has 1 aromatic heterocycles. The molecule has 0 saturated heterocycles. The summed E-state index contributed by atoms with van der Waals surface area (Å²) in [5.74, 6) is -0.551. The maximum Gasteiger partial charge on any atom is 0.341 e. The third kappa shape index (κ3) is 3.68. The molecular formula is C21H25NO3S. The molecular weight excluding hydrogens is 346 g/mol. The minimum atomic E-state index is -0.538. The number of ether oxygens (including phenoxy) is 1. The molecule has 4 nitrogen and oxygen atoms in total. The van der Waals surface area contributed by atoms with Gasteiger partial charge in [0.25, 0.3) is 0 Å². The Balaban J connectivity index is 2.02. The number of hydrogen-bond donors (Lipinski definition) is 1. The number of anilines is 1. The normalized spacial score (nSPS) is 13.8. The Bertz CT molecular complexity index is 845. The topological polar surface area (TPSA) is 55.4 Å². The standard InChI is InChI=1S/C21H25NO3S/c1-21(2,3)20(24)22-18-17(19(23)25-4)16(12-26-18)15-10-9-13-7-5-6-8-14(13)11-15/h9-12H,5-8H2,1-4H3,(H,22,24). The molecule has 0 atom stereocenters. The van der Waals surface area contributed by atoms with E-state index >= 15 is 0 Å². The minimum Gasteiger partial charge on any atom is -0.465 e. The average molecular weight is 372 g/mol. The number of benzene rings is 1. The first-order chi connectivity index (χ1) is 12.3. The van der Waals surface area contributed by atoms with Gasteiger partial charge >= 0.3 is 5.97 Å². The van der Waals surface area contributed by atoms with Gasteiger partial charge in [0.2, 0.25) is 5.91 Å². The van der Waals surface area contributed by atoms with Crippen molar-refractivity contribution < 1.29 is 14.3 Å². The van der Waals surface area contributed by atoms with Crippen LogP contribution in [0.3, 0.4) is 0 Å². The summed E-state index contributed by atoms with van der Waals surface area (Å²) in [4.78, 5) is 24.8. The van der Waals surface area contributed by atoms with Crippen molar-refractivity contribution in [1.29, 1.82) is 0 Å². The first-order valence-electron chi connectivity index (χ1n) is 8.94. The second-order valence-electron chi connectivity index (χ2n) is 7.74. The molecule has 1 N–H and O–H groups in total. The van der Waals surface area contributed by atoms with Crippen LogP contribution in [-0.2, 0) is 22.4 Å². The van der Waals surface area contributed by atoms with Crippen molar-refractivity contribution in [3.8, 4) is 11.1 Å². The van der Waals surface area contributed by atoms with Gasteiger partial charge in [0, 0.05) is 16.4 Å². The highest BCUT2D eigenvalue weighted by Crippen LogP contribution is 2.38. The van der Waals surface area contributed by atoms with Crippen molar-refractivity contribution >= 4 is 28.2 Å². The fraction of sp³-hybridized carbons (Fsp3) is 0.429. The summed E-state index contributed by atoms with van der Waals surface area (Å²) >= 11 is 1.36. The molecule has 1 aliphatic rings. The van der Waals surface area contributed by atoms with Gasteiger partial charge in [-0.1, -0.05) is 39.0 Å². The Kier molecular flexibility index (Phi) is 5.19. The number of thiophene rings is 1. The number of methoxy groups -OCH3 is 1. The SMILES string of the molecule is COC(=O)c1c(-c2ccc3c(c2)CCCC3)csc1NC(=O)C(C)(C)C.